The Morgan fingerprint density at radius 1 is 1.16 bits per heavy atom. The normalized spacial score (nSPS) is 19.1. The molecule has 162 valence electrons. The Balaban J connectivity index is 1.37. The van der Waals surface area contributed by atoms with Crippen molar-refractivity contribution in [1.82, 2.24) is 29.9 Å². The lowest BCUT2D eigenvalue weighted by Gasteiger charge is -2.39. The van der Waals surface area contributed by atoms with Gasteiger partial charge in [-0.1, -0.05) is 36.0 Å². The standard InChI is InChI=1S/C23H23N7O2/c1-15-12-20(19-8-9-24-14-25-19)27-23(29(15)3)30-10-11-31-21(13-30)17-4-6-18(7-5-17)22-26-16(2)32-28-22/h4-9,12,14,21H,1,10-11,13H2,2-3H3/t21-/m1/s1. The molecule has 2 aromatic heterocycles. The lowest BCUT2D eigenvalue weighted by molar-refractivity contribution is -0.00961. The smallest absolute Gasteiger partial charge is 0.223 e. The first-order valence-electron chi connectivity index (χ1n) is 10.3. The van der Waals surface area contributed by atoms with E-state index in [9.17, 15) is 0 Å². The summed E-state index contributed by atoms with van der Waals surface area (Å²) in [6, 6.07) is 9.92. The molecular weight excluding hydrogens is 406 g/mol. The van der Waals surface area contributed by atoms with Crippen LogP contribution in [0.3, 0.4) is 0 Å². The van der Waals surface area contributed by atoms with Crippen LogP contribution in [0.25, 0.3) is 17.1 Å². The second-order valence-corrected chi connectivity index (χ2v) is 7.65. The molecule has 0 aliphatic carbocycles. The zero-order valence-corrected chi connectivity index (χ0v) is 18.0. The van der Waals surface area contributed by atoms with E-state index < -0.39 is 0 Å². The van der Waals surface area contributed by atoms with E-state index in [1.165, 1.54) is 6.33 Å². The molecular formula is C23H23N7O2. The van der Waals surface area contributed by atoms with Gasteiger partial charge < -0.3 is 19.1 Å². The minimum Gasteiger partial charge on any atom is -0.370 e. The highest BCUT2D eigenvalue weighted by atomic mass is 16.5. The molecule has 3 aromatic rings. The van der Waals surface area contributed by atoms with Crippen LogP contribution < -0.4 is 0 Å². The fourth-order valence-electron chi connectivity index (χ4n) is 3.75. The van der Waals surface area contributed by atoms with E-state index in [1.54, 1.807) is 13.1 Å². The molecule has 1 fully saturated rings. The van der Waals surface area contributed by atoms with Crippen LogP contribution >= 0.6 is 0 Å². The summed E-state index contributed by atoms with van der Waals surface area (Å²) in [6.45, 7) is 7.97. The van der Waals surface area contributed by atoms with Crippen LogP contribution in [0.2, 0.25) is 0 Å². The van der Waals surface area contributed by atoms with Crippen molar-refractivity contribution in [2.75, 3.05) is 26.7 Å². The lowest BCUT2D eigenvalue weighted by Crippen LogP contribution is -2.49. The molecule has 0 spiro atoms. The fourth-order valence-corrected chi connectivity index (χ4v) is 3.75. The number of ether oxygens (including phenoxy) is 1. The zero-order valence-electron chi connectivity index (χ0n) is 18.0. The summed E-state index contributed by atoms with van der Waals surface area (Å²) in [7, 11) is 1.97. The van der Waals surface area contributed by atoms with Gasteiger partial charge in [-0.3, -0.25) is 0 Å². The second kappa shape index (κ2) is 8.35. The summed E-state index contributed by atoms with van der Waals surface area (Å²) in [4.78, 5) is 21.7. The summed E-state index contributed by atoms with van der Waals surface area (Å²) in [6.07, 6.45) is 5.09. The van der Waals surface area contributed by atoms with Gasteiger partial charge in [-0.05, 0) is 17.7 Å². The second-order valence-electron chi connectivity index (χ2n) is 7.65. The van der Waals surface area contributed by atoms with Crippen molar-refractivity contribution in [1.29, 1.82) is 0 Å². The Hall–Kier alpha value is -3.85. The van der Waals surface area contributed by atoms with Gasteiger partial charge in [0.15, 0.2) is 0 Å². The maximum absolute atomic E-state index is 6.09. The van der Waals surface area contributed by atoms with E-state index in [2.05, 4.69) is 31.6 Å². The monoisotopic (exact) mass is 429 g/mol. The molecule has 2 aliphatic heterocycles. The molecule has 2 aliphatic rings. The molecule has 1 aromatic carbocycles. The van der Waals surface area contributed by atoms with E-state index in [0.717, 1.165) is 40.7 Å². The van der Waals surface area contributed by atoms with Crippen molar-refractivity contribution in [3.8, 4) is 11.4 Å². The van der Waals surface area contributed by atoms with Crippen molar-refractivity contribution < 1.29 is 9.26 Å². The van der Waals surface area contributed by atoms with Crippen molar-refractivity contribution in [3.05, 3.63) is 78.4 Å². The van der Waals surface area contributed by atoms with E-state index in [0.29, 0.717) is 24.9 Å². The van der Waals surface area contributed by atoms with Gasteiger partial charge in [-0.2, -0.15) is 4.98 Å². The topological polar surface area (TPSA) is 92.8 Å². The van der Waals surface area contributed by atoms with E-state index >= 15 is 0 Å². The van der Waals surface area contributed by atoms with Crippen LogP contribution in [0.5, 0.6) is 0 Å². The first-order valence-corrected chi connectivity index (χ1v) is 10.3. The number of likely N-dealkylation sites (N-methyl/N-ethyl adjacent to an activating group) is 1. The molecule has 32 heavy (non-hydrogen) atoms. The number of aryl methyl sites for hydroxylation is 1. The molecule has 0 saturated carbocycles. The van der Waals surface area contributed by atoms with Gasteiger partial charge in [0.2, 0.25) is 17.7 Å². The summed E-state index contributed by atoms with van der Waals surface area (Å²) in [5.41, 5.74) is 4.39. The van der Waals surface area contributed by atoms with Gasteiger partial charge >= 0.3 is 0 Å². The quantitative estimate of drug-likeness (QED) is 0.627. The highest BCUT2D eigenvalue weighted by Crippen LogP contribution is 2.28. The number of hydrogen-bond acceptors (Lipinski definition) is 9. The van der Waals surface area contributed by atoms with Crippen molar-refractivity contribution in [2.24, 2.45) is 4.99 Å². The summed E-state index contributed by atoms with van der Waals surface area (Å²) in [5, 5.41) is 3.98. The van der Waals surface area contributed by atoms with Crippen LogP contribution in [0.1, 0.15) is 23.3 Å². The fraction of sp³-hybridized carbons (Fsp3) is 0.261. The minimum atomic E-state index is -0.0809. The van der Waals surface area contributed by atoms with Gasteiger partial charge in [0, 0.05) is 38.0 Å². The third-order valence-corrected chi connectivity index (χ3v) is 5.52. The third-order valence-electron chi connectivity index (χ3n) is 5.52. The number of rotatable bonds is 3. The molecule has 0 bridgehead atoms. The number of aliphatic imine (C=N–C) groups is 1. The maximum Gasteiger partial charge on any atom is 0.223 e. The number of nitrogens with zero attached hydrogens (tertiary/aromatic N) is 7. The number of aromatic nitrogens is 4. The Labute approximate surface area is 185 Å². The van der Waals surface area contributed by atoms with Crippen LogP contribution in [-0.4, -0.2) is 62.6 Å². The molecule has 5 rings (SSSR count). The number of hydrogen-bond donors (Lipinski definition) is 0. The first-order chi connectivity index (χ1) is 15.6. The molecule has 1 saturated heterocycles. The lowest BCUT2D eigenvalue weighted by atomic mass is 10.1. The number of morpholine rings is 1. The van der Waals surface area contributed by atoms with Gasteiger partial charge in [0.1, 0.15) is 12.4 Å². The zero-order chi connectivity index (χ0) is 22.1. The Morgan fingerprint density at radius 2 is 2.00 bits per heavy atom. The molecule has 0 N–H and O–H groups in total. The molecule has 0 radical (unpaired) electrons. The van der Waals surface area contributed by atoms with E-state index in [4.69, 9.17) is 14.3 Å². The summed E-state index contributed by atoms with van der Waals surface area (Å²) < 4.78 is 11.2. The molecule has 9 heteroatoms. The van der Waals surface area contributed by atoms with Gasteiger partial charge in [-0.15, -0.1) is 0 Å². The van der Waals surface area contributed by atoms with Crippen LogP contribution in [0.15, 0.2) is 70.7 Å². The van der Waals surface area contributed by atoms with Crippen LogP contribution in [0.4, 0.5) is 0 Å². The van der Waals surface area contributed by atoms with Crippen molar-refractivity contribution in [3.63, 3.8) is 0 Å². The molecule has 9 nitrogen and oxygen atoms in total. The average molecular weight is 429 g/mol. The van der Waals surface area contributed by atoms with Gasteiger partial charge in [-0.25, -0.2) is 15.0 Å². The molecule has 0 amide bonds. The summed E-state index contributed by atoms with van der Waals surface area (Å²) >= 11 is 0. The molecule has 1 atom stereocenters. The number of guanidine groups is 1. The van der Waals surface area contributed by atoms with Crippen LogP contribution in [-0.2, 0) is 4.74 Å². The highest BCUT2D eigenvalue weighted by molar-refractivity contribution is 5.90. The highest BCUT2D eigenvalue weighted by Gasteiger charge is 2.29. The Bertz CT molecular complexity index is 1180. The molecule has 4 heterocycles. The average Bonchev–Trinajstić information content (AvgIpc) is 3.28. The Kier molecular flexibility index (Phi) is 5.24. The maximum atomic E-state index is 6.09. The van der Waals surface area contributed by atoms with Gasteiger partial charge in [0.25, 0.3) is 0 Å². The number of allylic oxidation sites excluding steroid dienone is 1. The largest absolute Gasteiger partial charge is 0.370 e. The van der Waals surface area contributed by atoms with E-state index in [1.807, 2.05) is 48.4 Å². The van der Waals surface area contributed by atoms with Crippen molar-refractivity contribution in [2.45, 2.75) is 13.0 Å². The van der Waals surface area contributed by atoms with Crippen molar-refractivity contribution >= 4 is 11.7 Å². The van der Waals surface area contributed by atoms with Crippen LogP contribution in [0, 0.1) is 6.92 Å². The molecule has 0 unspecified atom stereocenters. The SMILES string of the molecule is C=C1C=C(c2ccncn2)N=C(N2CCO[C@@H](c3ccc(-c4noc(C)n4)cc3)C2)N1C. The minimum absolute atomic E-state index is 0.0809. The van der Waals surface area contributed by atoms with E-state index in [-0.39, 0.29) is 6.10 Å². The Morgan fingerprint density at radius 3 is 2.72 bits per heavy atom. The first kappa shape index (κ1) is 20.1. The number of benzene rings is 1. The van der Waals surface area contributed by atoms with Gasteiger partial charge in [0.05, 0.1) is 24.5 Å². The predicted molar refractivity (Wildman–Crippen MR) is 119 cm³/mol. The third kappa shape index (κ3) is 3.90. The predicted octanol–water partition coefficient (Wildman–Crippen LogP) is 3.06. The summed E-state index contributed by atoms with van der Waals surface area (Å²) in [5.74, 6) is 1.96.